The van der Waals surface area contributed by atoms with Gasteiger partial charge in [0.05, 0.1) is 12.0 Å². The summed E-state index contributed by atoms with van der Waals surface area (Å²) in [5.74, 6) is -0.439. The van der Waals surface area contributed by atoms with Crippen molar-refractivity contribution < 1.29 is 4.79 Å². The molecule has 0 bridgehead atoms. The van der Waals surface area contributed by atoms with E-state index in [4.69, 9.17) is 5.26 Å². The lowest BCUT2D eigenvalue weighted by molar-refractivity contribution is -0.122. The summed E-state index contributed by atoms with van der Waals surface area (Å²) in [6.07, 6.45) is 0.577. The predicted molar refractivity (Wildman–Crippen MR) is 74.9 cm³/mol. The first-order chi connectivity index (χ1) is 8.54. The van der Waals surface area contributed by atoms with Crippen molar-refractivity contribution in [3.8, 4) is 6.07 Å². The van der Waals surface area contributed by atoms with Gasteiger partial charge in [-0.3, -0.25) is 4.79 Å². The lowest BCUT2D eigenvalue weighted by Crippen LogP contribution is -2.29. The molecule has 1 aromatic rings. The van der Waals surface area contributed by atoms with Gasteiger partial charge in [-0.15, -0.1) is 6.58 Å². The molecule has 1 unspecified atom stereocenters. The summed E-state index contributed by atoms with van der Waals surface area (Å²) in [7, 11) is 0. The molecule has 0 heterocycles. The SMILES string of the molecule is C=C(C)CC(C(=O)NCC#N)c1cccc(Br)c1. The van der Waals surface area contributed by atoms with Crippen LogP contribution in [-0.2, 0) is 4.79 Å². The molecule has 0 spiro atoms. The van der Waals surface area contributed by atoms with E-state index < -0.39 is 0 Å². The Kier molecular flexibility index (Phi) is 5.60. The number of amides is 1. The molecule has 0 aliphatic rings. The first-order valence-corrected chi connectivity index (χ1v) is 6.38. The zero-order valence-electron chi connectivity index (χ0n) is 10.2. The number of rotatable bonds is 5. The number of allylic oxidation sites excluding steroid dienone is 1. The maximum Gasteiger partial charge on any atom is 0.228 e. The van der Waals surface area contributed by atoms with Gasteiger partial charge in [0.15, 0.2) is 0 Å². The smallest absolute Gasteiger partial charge is 0.228 e. The number of hydrogen-bond acceptors (Lipinski definition) is 2. The first-order valence-electron chi connectivity index (χ1n) is 5.59. The molecule has 18 heavy (non-hydrogen) atoms. The van der Waals surface area contributed by atoms with Crippen LogP contribution >= 0.6 is 15.9 Å². The van der Waals surface area contributed by atoms with Crippen molar-refractivity contribution >= 4 is 21.8 Å². The standard InChI is InChI=1S/C14H15BrN2O/c1-10(2)8-13(14(18)17-7-6-16)11-4-3-5-12(15)9-11/h3-5,9,13H,1,7-8H2,2H3,(H,17,18). The van der Waals surface area contributed by atoms with E-state index >= 15 is 0 Å². The van der Waals surface area contributed by atoms with E-state index in [2.05, 4.69) is 27.8 Å². The maximum atomic E-state index is 12.0. The summed E-state index contributed by atoms with van der Waals surface area (Å²) in [5, 5.41) is 11.1. The van der Waals surface area contributed by atoms with Gasteiger partial charge in [-0.1, -0.05) is 33.6 Å². The Balaban J connectivity index is 2.94. The van der Waals surface area contributed by atoms with Gasteiger partial charge < -0.3 is 5.32 Å². The molecule has 3 nitrogen and oxygen atoms in total. The molecule has 1 rings (SSSR count). The highest BCUT2D eigenvalue weighted by molar-refractivity contribution is 9.10. The molecule has 94 valence electrons. The van der Waals surface area contributed by atoms with Gasteiger partial charge in [-0.05, 0) is 31.0 Å². The van der Waals surface area contributed by atoms with E-state index in [0.29, 0.717) is 6.42 Å². The fraction of sp³-hybridized carbons (Fsp3) is 0.286. The van der Waals surface area contributed by atoms with Crippen molar-refractivity contribution in [2.75, 3.05) is 6.54 Å². The summed E-state index contributed by atoms with van der Waals surface area (Å²) in [4.78, 5) is 12.0. The van der Waals surface area contributed by atoms with Gasteiger partial charge in [0, 0.05) is 4.47 Å². The third-order valence-electron chi connectivity index (χ3n) is 2.46. The molecule has 1 aromatic carbocycles. The van der Waals surface area contributed by atoms with Crippen molar-refractivity contribution in [1.29, 1.82) is 5.26 Å². The first kappa shape index (κ1) is 14.5. The minimum absolute atomic E-state index is 0.0273. The Morgan fingerprint density at radius 1 is 1.61 bits per heavy atom. The zero-order valence-corrected chi connectivity index (χ0v) is 11.8. The Hall–Kier alpha value is -1.60. The average molecular weight is 307 g/mol. The summed E-state index contributed by atoms with van der Waals surface area (Å²) in [6.45, 7) is 5.77. The Bertz CT molecular complexity index is 491. The van der Waals surface area contributed by atoms with Crippen LogP contribution in [0.5, 0.6) is 0 Å². The van der Waals surface area contributed by atoms with Crippen LogP contribution in [0.1, 0.15) is 24.8 Å². The number of carbonyl (C=O) groups excluding carboxylic acids is 1. The summed E-state index contributed by atoms with van der Waals surface area (Å²) < 4.78 is 0.930. The number of nitriles is 1. The van der Waals surface area contributed by atoms with Crippen LogP contribution in [0.25, 0.3) is 0 Å². The van der Waals surface area contributed by atoms with Gasteiger partial charge >= 0.3 is 0 Å². The van der Waals surface area contributed by atoms with Crippen molar-refractivity contribution in [3.05, 3.63) is 46.5 Å². The molecular formula is C14H15BrN2O. The molecule has 0 saturated heterocycles. The molecule has 1 amide bonds. The largest absolute Gasteiger partial charge is 0.342 e. The number of nitrogens with one attached hydrogen (secondary N) is 1. The van der Waals surface area contributed by atoms with Crippen LogP contribution in [-0.4, -0.2) is 12.5 Å². The Labute approximate surface area is 116 Å². The van der Waals surface area contributed by atoms with Gasteiger partial charge in [-0.25, -0.2) is 0 Å². The quantitative estimate of drug-likeness (QED) is 0.671. The second-order valence-corrected chi connectivity index (χ2v) is 5.06. The third kappa shape index (κ3) is 4.34. The van der Waals surface area contributed by atoms with E-state index in [9.17, 15) is 4.79 Å². The van der Waals surface area contributed by atoms with Crippen LogP contribution in [0.4, 0.5) is 0 Å². The van der Waals surface area contributed by atoms with Crippen molar-refractivity contribution in [3.63, 3.8) is 0 Å². The lowest BCUT2D eigenvalue weighted by Gasteiger charge is -2.16. The van der Waals surface area contributed by atoms with E-state index in [1.807, 2.05) is 37.3 Å². The van der Waals surface area contributed by atoms with E-state index in [1.165, 1.54) is 0 Å². The van der Waals surface area contributed by atoms with Crippen molar-refractivity contribution in [2.45, 2.75) is 19.3 Å². The topological polar surface area (TPSA) is 52.9 Å². The minimum atomic E-state index is -0.298. The maximum absolute atomic E-state index is 12.0. The van der Waals surface area contributed by atoms with Crippen LogP contribution in [0.2, 0.25) is 0 Å². The molecule has 0 fully saturated rings. The van der Waals surface area contributed by atoms with Gasteiger partial charge in [0.2, 0.25) is 5.91 Å². The second kappa shape index (κ2) is 6.97. The lowest BCUT2D eigenvalue weighted by atomic mass is 9.92. The van der Waals surface area contributed by atoms with Gasteiger partial charge in [0.25, 0.3) is 0 Å². The third-order valence-corrected chi connectivity index (χ3v) is 2.96. The Morgan fingerprint density at radius 3 is 2.89 bits per heavy atom. The fourth-order valence-corrected chi connectivity index (χ4v) is 2.10. The number of benzene rings is 1. The number of carbonyl (C=O) groups is 1. The molecule has 1 atom stereocenters. The van der Waals surface area contributed by atoms with E-state index in [0.717, 1.165) is 15.6 Å². The summed E-state index contributed by atoms with van der Waals surface area (Å²) >= 11 is 3.39. The highest BCUT2D eigenvalue weighted by atomic mass is 79.9. The van der Waals surface area contributed by atoms with Gasteiger partial charge in [-0.2, -0.15) is 5.26 Å². The minimum Gasteiger partial charge on any atom is -0.342 e. The summed E-state index contributed by atoms with van der Waals surface area (Å²) in [5.41, 5.74) is 1.86. The summed E-state index contributed by atoms with van der Waals surface area (Å²) in [6, 6.07) is 9.53. The predicted octanol–water partition coefficient (Wildman–Crippen LogP) is 3.14. The molecule has 4 heteroatoms. The highest BCUT2D eigenvalue weighted by Crippen LogP contribution is 2.25. The average Bonchev–Trinajstić information content (AvgIpc) is 2.32. The number of nitrogens with zero attached hydrogens (tertiary/aromatic N) is 1. The Morgan fingerprint density at radius 2 is 2.33 bits per heavy atom. The van der Waals surface area contributed by atoms with Crippen molar-refractivity contribution in [1.82, 2.24) is 5.32 Å². The molecular weight excluding hydrogens is 292 g/mol. The number of hydrogen-bond donors (Lipinski definition) is 1. The van der Waals surface area contributed by atoms with E-state index in [1.54, 1.807) is 0 Å². The van der Waals surface area contributed by atoms with Crippen LogP contribution < -0.4 is 5.32 Å². The van der Waals surface area contributed by atoms with E-state index in [-0.39, 0.29) is 18.4 Å². The van der Waals surface area contributed by atoms with Gasteiger partial charge in [0.1, 0.15) is 6.54 Å². The van der Waals surface area contributed by atoms with Crippen molar-refractivity contribution in [2.24, 2.45) is 0 Å². The fourth-order valence-electron chi connectivity index (χ4n) is 1.68. The van der Waals surface area contributed by atoms with Crippen LogP contribution in [0.3, 0.4) is 0 Å². The molecule has 0 saturated carbocycles. The highest BCUT2D eigenvalue weighted by Gasteiger charge is 2.20. The number of halogens is 1. The van der Waals surface area contributed by atoms with Crippen LogP contribution in [0.15, 0.2) is 40.9 Å². The molecule has 0 aromatic heterocycles. The monoisotopic (exact) mass is 306 g/mol. The normalized spacial score (nSPS) is 11.4. The molecule has 1 N–H and O–H groups in total. The molecule has 0 aliphatic carbocycles. The zero-order chi connectivity index (χ0) is 13.5. The molecule has 0 aliphatic heterocycles. The van der Waals surface area contributed by atoms with Crippen LogP contribution in [0, 0.1) is 11.3 Å². The second-order valence-electron chi connectivity index (χ2n) is 4.14. The molecule has 0 radical (unpaired) electrons.